The van der Waals surface area contributed by atoms with Crippen molar-refractivity contribution in [3.63, 3.8) is 0 Å². The summed E-state index contributed by atoms with van der Waals surface area (Å²) >= 11 is 0. The number of carbonyl (C=O) groups excluding carboxylic acids is 2. The Bertz CT molecular complexity index is 820. The van der Waals surface area contributed by atoms with Gasteiger partial charge in [0.25, 0.3) is 5.91 Å². The molecule has 1 aromatic carbocycles. The second kappa shape index (κ2) is 11.4. The van der Waals surface area contributed by atoms with E-state index in [1.807, 2.05) is 0 Å². The van der Waals surface area contributed by atoms with Gasteiger partial charge in [0.1, 0.15) is 0 Å². The highest BCUT2D eigenvalue weighted by atomic mass is 32.2. The molecule has 168 valence electrons. The van der Waals surface area contributed by atoms with Crippen LogP contribution in [0.25, 0.3) is 0 Å². The van der Waals surface area contributed by atoms with Crippen molar-refractivity contribution in [2.45, 2.75) is 18.2 Å². The van der Waals surface area contributed by atoms with Gasteiger partial charge in [-0.1, -0.05) is 13.0 Å². The van der Waals surface area contributed by atoms with Gasteiger partial charge in [0.2, 0.25) is 15.9 Å². The smallest absolute Gasteiger partial charge is 0.251 e. The van der Waals surface area contributed by atoms with E-state index in [0.29, 0.717) is 6.54 Å². The first-order valence-corrected chi connectivity index (χ1v) is 11.7. The molecule has 2 N–H and O–H groups in total. The second-order valence-electron chi connectivity index (χ2n) is 7.48. The number of carbonyl (C=O) groups is 2. The molecule has 1 heterocycles. The van der Waals surface area contributed by atoms with E-state index in [4.69, 9.17) is 0 Å². The third kappa shape index (κ3) is 7.05. The van der Waals surface area contributed by atoms with Crippen LogP contribution in [-0.2, 0) is 14.8 Å². The van der Waals surface area contributed by atoms with E-state index in [0.717, 1.165) is 50.0 Å². The maximum atomic E-state index is 12.3. The number of piperazine rings is 1. The van der Waals surface area contributed by atoms with Crippen LogP contribution in [0.1, 0.15) is 23.7 Å². The fourth-order valence-corrected chi connectivity index (χ4v) is 4.14. The van der Waals surface area contributed by atoms with Crippen LogP contribution in [0.4, 0.5) is 0 Å². The molecule has 9 nitrogen and oxygen atoms in total. The summed E-state index contributed by atoms with van der Waals surface area (Å²) < 4.78 is 25.5. The largest absolute Gasteiger partial charge is 0.355 e. The number of sulfonamides is 1. The second-order valence-corrected chi connectivity index (χ2v) is 9.63. The van der Waals surface area contributed by atoms with E-state index in [-0.39, 0.29) is 22.9 Å². The lowest BCUT2D eigenvalue weighted by Crippen LogP contribution is -2.46. The minimum absolute atomic E-state index is 0.0318. The van der Waals surface area contributed by atoms with Crippen LogP contribution in [0.5, 0.6) is 0 Å². The Hall–Kier alpha value is -2.01. The minimum Gasteiger partial charge on any atom is -0.355 e. The Labute approximate surface area is 179 Å². The molecule has 0 saturated carbocycles. The normalized spacial score (nSPS) is 15.9. The van der Waals surface area contributed by atoms with Crippen molar-refractivity contribution in [3.8, 4) is 0 Å². The van der Waals surface area contributed by atoms with Crippen LogP contribution in [0.15, 0.2) is 29.2 Å². The molecule has 0 radical (unpaired) electrons. The quantitative estimate of drug-likeness (QED) is 0.490. The zero-order chi connectivity index (χ0) is 22.1. The predicted molar refractivity (Wildman–Crippen MR) is 116 cm³/mol. The number of amides is 2. The summed E-state index contributed by atoms with van der Waals surface area (Å²) in [5.74, 6) is -0.758. The summed E-state index contributed by atoms with van der Waals surface area (Å²) in [6.07, 6.45) is 0.857. The van der Waals surface area contributed by atoms with Gasteiger partial charge in [-0.2, -0.15) is 0 Å². The summed E-state index contributed by atoms with van der Waals surface area (Å²) in [6.45, 7) is 8.89. The molecule has 1 saturated heterocycles. The first-order chi connectivity index (χ1) is 14.2. The molecule has 2 rings (SSSR count). The molecule has 0 spiro atoms. The number of nitrogens with zero attached hydrogens (tertiary/aromatic N) is 3. The third-order valence-corrected chi connectivity index (χ3v) is 6.98. The summed E-state index contributed by atoms with van der Waals surface area (Å²) in [7, 11) is -0.770. The zero-order valence-corrected chi connectivity index (χ0v) is 18.9. The van der Waals surface area contributed by atoms with Gasteiger partial charge in [0.15, 0.2) is 0 Å². The summed E-state index contributed by atoms with van der Waals surface area (Å²) in [5.41, 5.74) is 0.192. The summed E-state index contributed by atoms with van der Waals surface area (Å²) in [4.78, 5) is 29.1. The fraction of sp³-hybridized carbons (Fsp3) is 0.600. The van der Waals surface area contributed by atoms with Crippen LogP contribution in [-0.4, -0.2) is 101 Å². The van der Waals surface area contributed by atoms with E-state index in [9.17, 15) is 18.0 Å². The van der Waals surface area contributed by atoms with Gasteiger partial charge in [-0.25, -0.2) is 12.7 Å². The Kier molecular flexibility index (Phi) is 9.22. The highest BCUT2D eigenvalue weighted by Gasteiger charge is 2.19. The minimum atomic E-state index is -3.63. The Balaban J connectivity index is 1.70. The van der Waals surface area contributed by atoms with E-state index in [1.165, 1.54) is 38.4 Å². The van der Waals surface area contributed by atoms with Gasteiger partial charge in [-0.15, -0.1) is 0 Å². The van der Waals surface area contributed by atoms with Crippen molar-refractivity contribution in [2.75, 3.05) is 66.5 Å². The lowest BCUT2D eigenvalue weighted by molar-refractivity contribution is -0.120. The third-order valence-electron chi connectivity index (χ3n) is 5.17. The van der Waals surface area contributed by atoms with Crippen molar-refractivity contribution in [1.29, 1.82) is 0 Å². The molecule has 1 aromatic rings. The van der Waals surface area contributed by atoms with E-state index in [2.05, 4.69) is 27.4 Å². The topological polar surface area (TPSA) is 102 Å². The first-order valence-electron chi connectivity index (χ1n) is 10.3. The molecule has 0 aliphatic carbocycles. The number of rotatable bonds is 10. The summed E-state index contributed by atoms with van der Waals surface area (Å²) in [5, 5.41) is 5.34. The van der Waals surface area contributed by atoms with Crippen LogP contribution >= 0.6 is 0 Å². The number of hydrogen-bond acceptors (Lipinski definition) is 6. The number of hydrogen-bond donors (Lipinski definition) is 2. The lowest BCUT2D eigenvalue weighted by atomic mass is 10.2. The van der Waals surface area contributed by atoms with Crippen LogP contribution in [0, 0.1) is 0 Å². The highest BCUT2D eigenvalue weighted by Crippen LogP contribution is 2.14. The molecule has 2 amide bonds. The number of benzene rings is 1. The maximum absolute atomic E-state index is 12.3. The van der Waals surface area contributed by atoms with Crippen LogP contribution < -0.4 is 10.6 Å². The summed E-state index contributed by atoms with van der Waals surface area (Å²) in [6, 6.07) is 5.76. The van der Waals surface area contributed by atoms with Crippen molar-refractivity contribution in [2.24, 2.45) is 0 Å². The Morgan fingerprint density at radius 3 is 2.37 bits per heavy atom. The maximum Gasteiger partial charge on any atom is 0.251 e. The zero-order valence-electron chi connectivity index (χ0n) is 18.1. The molecular weight excluding hydrogens is 406 g/mol. The number of likely N-dealkylation sites (N-methyl/N-ethyl adjacent to an activating group) is 1. The average molecular weight is 440 g/mol. The average Bonchev–Trinajstić information content (AvgIpc) is 2.75. The van der Waals surface area contributed by atoms with Crippen LogP contribution in [0.3, 0.4) is 0 Å². The Morgan fingerprint density at radius 1 is 1.07 bits per heavy atom. The van der Waals surface area contributed by atoms with Crippen molar-refractivity contribution < 1.29 is 18.0 Å². The van der Waals surface area contributed by atoms with Gasteiger partial charge in [-0.3, -0.25) is 9.59 Å². The van der Waals surface area contributed by atoms with E-state index >= 15 is 0 Å². The van der Waals surface area contributed by atoms with Gasteiger partial charge < -0.3 is 20.4 Å². The molecule has 0 unspecified atom stereocenters. The first kappa shape index (κ1) is 24.3. The predicted octanol–water partition coefficient (Wildman–Crippen LogP) is -0.189. The fourth-order valence-electron chi connectivity index (χ4n) is 3.19. The van der Waals surface area contributed by atoms with Gasteiger partial charge in [0.05, 0.1) is 11.4 Å². The molecule has 0 aromatic heterocycles. The molecule has 30 heavy (non-hydrogen) atoms. The molecular formula is C20H33N5O4S. The molecule has 1 aliphatic rings. The molecule has 1 aliphatic heterocycles. The highest BCUT2D eigenvalue weighted by molar-refractivity contribution is 7.89. The lowest BCUT2D eigenvalue weighted by Gasteiger charge is -2.33. The monoisotopic (exact) mass is 439 g/mol. The molecule has 0 atom stereocenters. The van der Waals surface area contributed by atoms with Gasteiger partial charge >= 0.3 is 0 Å². The van der Waals surface area contributed by atoms with Crippen molar-refractivity contribution in [1.82, 2.24) is 24.7 Å². The molecule has 10 heteroatoms. The van der Waals surface area contributed by atoms with E-state index < -0.39 is 15.9 Å². The van der Waals surface area contributed by atoms with E-state index in [1.54, 1.807) is 0 Å². The van der Waals surface area contributed by atoms with Crippen molar-refractivity contribution in [3.05, 3.63) is 29.8 Å². The molecule has 1 fully saturated rings. The standard InChI is InChI=1S/C20H33N5O4S/c1-4-24-11-13-25(14-12-24)10-6-9-21-19(26)16-22-20(27)17-7-5-8-18(15-17)30(28,29)23(2)3/h5,7-8,15H,4,6,9-14,16H2,1-3H3,(H,21,26)(H,22,27). The van der Waals surface area contributed by atoms with Gasteiger partial charge in [-0.05, 0) is 37.7 Å². The SMILES string of the molecule is CCN1CCN(CCCNC(=O)CNC(=O)c2cccc(S(=O)(=O)N(C)C)c2)CC1. The number of nitrogens with one attached hydrogen (secondary N) is 2. The van der Waals surface area contributed by atoms with Crippen LogP contribution in [0.2, 0.25) is 0 Å². The van der Waals surface area contributed by atoms with Crippen molar-refractivity contribution >= 4 is 21.8 Å². The molecule has 0 bridgehead atoms. The Morgan fingerprint density at radius 2 is 1.73 bits per heavy atom. The van der Waals surface area contributed by atoms with Gasteiger partial charge in [0, 0.05) is 52.4 Å².